The normalized spacial score (nSPS) is 24.0. The molecule has 0 saturated carbocycles. The zero-order chi connectivity index (χ0) is 13.3. The van der Waals surface area contributed by atoms with Gasteiger partial charge in [-0.05, 0) is 6.92 Å². The molecular weight excluding hydrogens is 240 g/mol. The third-order valence-corrected chi connectivity index (χ3v) is 3.45. The van der Waals surface area contributed by atoms with Gasteiger partial charge in [0.2, 0.25) is 0 Å². The molecule has 2 heterocycles. The number of imide groups is 1. The van der Waals surface area contributed by atoms with Crippen LogP contribution in [0.2, 0.25) is 0 Å². The lowest BCUT2D eigenvalue weighted by Gasteiger charge is -2.31. The van der Waals surface area contributed by atoms with E-state index in [2.05, 4.69) is 5.32 Å². The van der Waals surface area contributed by atoms with Crippen molar-refractivity contribution in [2.24, 2.45) is 5.84 Å². The Labute approximate surface area is 104 Å². The van der Waals surface area contributed by atoms with Crippen molar-refractivity contribution in [3.8, 4) is 0 Å². The Hall–Kier alpha value is -1.67. The molecule has 2 aliphatic rings. The Bertz CT molecular complexity index is 391. The van der Waals surface area contributed by atoms with E-state index >= 15 is 0 Å². The van der Waals surface area contributed by atoms with Gasteiger partial charge in [0, 0.05) is 26.1 Å². The van der Waals surface area contributed by atoms with Gasteiger partial charge in [-0.25, -0.2) is 15.5 Å². The average molecular weight is 256 g/mol. The van der Waals surface area contributed by atoms with Crippen molar-refractivity contribution >= 4 is 17.8 Å². The lowest BCUT2D eigenvalue weighted by molar-refractivity contribution is -0.140. The molecule has 4 amide bonds. The number of hydrogen-bond acceptors (Lipinski definition) is 5. The number of nitrogens with zero attached hydrogens (tertiary/aromatic N) is 1. The van der Waals surface area contributed by atoms with Gasteiger partial charge in [-0.2, -0.15) is 0 Å². The van der Waals surface area contributed by atoms with E-state index in [-0.39, 0.29) is 5.91 Å². The molecule has 4 N–H and O–H groups in total. The van der Waals surface area contributed by atoms with Crippen LogP contribution in [0.25, 0.3) is 0 Å². The number of hydrogen-bond donors (Lipinski definition) is 3. The van der Waals surface area contributed by atoms with Gasteiger partial charge in [0.25, 0.3) is 11.8 Å². The molecule has 1 spiro atoms. The van der Waals surface area contributed by atoms with Crippen LogP contribution in [0.4, 0.5) is 4.79 Å². The highest BCUT2D eigenvalue weighted by molar-refractivity contribution is 6.09. The van der Waals surface area contributed by atoms with E-state index in [0.717, 1.165) is 4.90 Å². The van der Waals surface area contributed by atoms with E-state index in [4.69, 9.17) is 10.6 Å². The van der Waals surface area contributed by atoms with Crippen molar-refractivity contribution in [1.82, 2.24) is 15.6 Å². The number of rotatable bonds is 2. The Morgan fingerprint density at radius 1 is 1.50 bits per heavy atom. The summed E-state index contributed by atoms with van der Waals surface area (Å²) in [6.45, 7) is 2.28. The topological polar surface area (TPSA) is 114 Å². The zero-order valence-electron chi connectivity index (χ0n) is 10.1. The van der Waals surface area contributed by atoms with Crippen LogP contribution < -0.4 is 16.6 Å². The second-order valence-corrected chi connectivity index (χ2v) is 4.48. The highest BCUT2D eigenvalue weighted by Gasteiger charge is 2.53. The van der Waals surface area contributed by atoms with Crippen molar-refractivity contribution in [3.63, 3.8) is 0 Å². The van der Waals surface area contributed by atoms with Crippen molar-refractivity contribution in [1.29, 1.82) is 0 Å². The minimum atomic E-state index is -0.926. The van der Waals surface area contributed by atoms with Crippen LogP contribution in [-0.2, 0) is 14.3 Å². The summed E-state index contributed by atoms with van der Waals surface area (Å²) in [4.78, 5) is 36.5. The van der Waals surface area contributed by atoms with Gasteiger partial charge < -0.3 is 10.1 Å². The summed E-state index contributed by atoms with van der Waals surface area (Å²) in [5, 5.41) is 2.67. The fourth-order valence-corrected chi connectivity index (χ4v) is 2.29. The standard InChI is InChI=1S/C10H16N4O4/c1-6(7(15)13-11)14-8(16)10(12-9(14)17)2-4-18-5-3-10/h6H,2-5,11H2,1H3,(H,12,17)(H,13,15). The Kier molecular flexibility index (Phi) is 3.22. The SMILES string of the molecule is CC(C(=O)NN)N1C(=O)NC2(CCOCC2)C1=O. The lowest BCUT2D eigenvalue weighted by atomic mass is 9.90. The molecule has 1 unspecified atom stereocenters. The van der Waals surface area contributed by atoms with E-state index in [0.29, 0.717) is 26.1 Å². The molecule has 0 aliphatic carbocycles. The number of hydrazine groups is 1. The zero-order valence-corrected chi connectivity index (χ0v) is 10.1. The van der Waals surface area contributed by atoms with E-state index < -0.39 is 23.5 Å². The maximum Gasteiger partial charge on any atom is 0.325 e. The first-order chi connectivity index (χ1) is 8.52. The minimum absolute atomic E-state index is 0.383. The molecule has 0 bridgehead atoms. The largest absolute Gasteiger partial charge is 0.381 e. The van der Waals surface area contributed by atoms with Crippen LogP contribution in [0.1, 0.15) is 19.8 Å². The van der Waals surface area contributed by atoms with Crippen molar-refractivity contribution in [2.75, 3.05) is 13.2 Å². The molecule has 8 nitrogen and oxygen atoms in total. The monoisotopic (exact) mass is 256 g/mol. The van der Waals surface area contributed by atoms with E-state index in [1.54, 1.807) is 0 Å². The fraction of sp³-hybridized carbons (Fsp3) is 0.700. The molecule has 0 aromatic rings. The number of urea groups is 1. The third kappa shape index (κ3) is 1.83. The van der Waals surface area contributed by atoms with Crippen LogP contribution in [0, 0.1) is 0 Å². The van der Waals surface area contributed by atoms with Crippen LogP contribution in [0.5, 0.6) is 0 Å². The highest BCUT2D eigenvalue weighted by Crippen LogP contribution is 2.29. The quantitative estimate of drug-likeness (QED) is 0.240. The maximum atomic E-state index is 12.3. The number of ether oxygens (including phenoxy) is 1. The number of nitrogens with two attached hydrogens (primary N) is 1. The number of carbonyl (C=O) groups excluding carboxylic acids is 3. The number of nitrogens with one attached hydrogen (secondary N) is 2. The molecule has 2 saturated heterocycles. The van der Waals surface area contributed by atoms with E-state index in [9.17, 15) is 14.4 Å². The van der Waals surface area contributed by atoms with Gasteiger partial charge in [0.1, 0.15) is 11.6 Å². The second-order valence-electron chi connectivity index (χ2n) is 4.48. The molecule has 2 fully saturated rings. The van der Waals surface area contributed by atoms with Crippen LogP contribution in [0.3, 0.4) is 0 Å². The molecule has 2 rings (SSSR count). The average Bonchev–Trinajstić information content (AvgIpc) is 2.60. The first kappa shape index (κ1) is 12.8. The smallest absolute Gasteiger partial charge is 0.325 e. The summed E-state index contributed by atoms with van der Waals surface area (Å²) >= 11 is 0. The predicted molar refractivity (Wildman–Crippen MR) is 60.0 cm³/mol. The van der Waals surface area contributed by atoms with E-state index in [1.807, 2.05) is 5.43 Å². The summed E-state index contributed by atoms with van der Waals surface area (Å²) in [6.07, 6.45) is 0.843. The molecule has 1 atom stereocenters. The lowest BCUT2D eigenvalue weighted by Crippen LogP contribution is -2.53. The summed E-state index contributed by atoms with van der Waals surface area (Å²) in [5.41, 5.74) is 1.02. The molecule has 0 aromatic heterocycles. The second kappa shape index (κ2) is 4.54. The van der Waals surface area contributed by atoms with Gasteiger partial charge in [0.05, 0.1) is 0 Å². The summed E-state index contributed by atoms with van der Waals surface area (Å²) < 4.78 is 5.18. The Balaban J connectivity index is 2.21. The first-order valence-corrected chi connectivity index (χ1v) is 5.76. The molecule has 2 aliphatic heterocycles. The van der Waals surface area contributed by atoms with Crippen LogP contribution in [-0.4, -0.2) is 47.5 Å². The van der Waals surface area contributed by atoms with Gasteiger partial charge in [0.15, 0.2) is 0 Å². The molecule has 100 valence electrons. The molecule has 0 radical (unpaired) electrons. The van der Waals surface area contributed by atoms with Gasteiger partial charge in [-0.1, -0.05) is 0 Å². The molecular formula is C10H16N4O4. The summed E-state index contributed by atoms with van der Waals surface area (Å²) in [5.74, 6) is 4.05. The minimum Gasteiger partial charge on any atom is -0.381 e. The van der Waals surface area contributed by atoms with Crippen molar-refractivity contribution in [3.05, 3.63) is 0 Å². The van der Waals surface area contributed by atoms with Crippen molar-refractivity contribution < 1.29 is 19.1 Å². The summed E-state index contributed by atoms with van der Waals surface area (Å²) in [7, 11) is 0. The Morgan fingerprint density at radius 3 is 2.67 bits per heavy atom. The molecule has 8 heteroatoms. The number of carbonyl (C=O) groups is 3. The van der Waals surface area contributed by atoms with Crippen LogP contribution >= 0.6 is 0 Å². The van der Waals surface area contributed by atoms with E-state index in [1.165, 1.54) is 6.92 Å². The maximum absolute atomic E-state index is 12.3. The van der Waals surface area contributed by atoms with Gasteiger partial charge in [-0.15, -0.1) is 0 Å². The van der Waals surface area contributed by atoms with Gasteiger partial charge >= 0.3 is 6.03 Å². The highest BCUT2D eigenvalue weighted by atomic mass is 16.5. The predicted octanol–water partition coefficient (Wildman–Crippen LogP) is -1.53. The Morgan fingerprint density at radius 2 is 2.11 bits per heavy atom. The number of amides is 4. The van der Waals surface area contributed by atoms with Crippen LogP contribution in [0.15, 0.2) is 0 Å². The van der Waals surface area contributed by atoms with Gasteiger partial charge in [-0.3, -0.25) is 15.0 Å². The summed E-state index contributed by atoms with van der Waals surface area (Å²) in [6, 6.07) is -1.48. The first-order valence-electron chi connectivity index (χ1n) is 5.76. The third-order valence-electron chi connectivity index (χ3n) is 3.45. The fourth-order valence-electron chi connectivity index (χ4n) is 2.29. The van der Waals surface area contributed by atoms with Crippen molar-refractivity contribution in [2.45, 2.75) is 31.3 Å². The molecule has 18 heavy (non-hydrogen) atoms. The molecule has 0 aromatic carbocycles.